The number of hydrogen-bond acceptors (Lipinski definition) is 5. The van der Waals surface area contributed by atoms with Gasteiger partial charge >= 0.3 is 0 Å². The highest BCUT2D eigenvalue weighted by Crippen LogP contribution is 2.34. The van der Waals surface area contributed by atoms with Crippen LogP contribution in [-0.2, 0) is 26.0 Å². The maximum Gasteiger partial charge on any atom is 0.245 e. The Morgan fingerprint density at radius 3 is 2.36 bits per heavy atom. The number of carbonyl (C=O) groups is 2. The third-order valence-corrected chi connectivity index (χ3v) is 9.64. The largest absolute Gasteiger partial charge is 0.343 e. The molecule has 5 rings (SSSR count). The van der Waals surface area contributed by atoms with E-state index in [-0.39, 0.29) is 41.3 Å². The van der Waals surface area contributed by atoms with Crippen LogP contribution in [0.25, 0.3) is 0 Å². The van der Waals surface area contributed by atoms with Crippen LogP contribution in [0, 0.1) is 5.92 Å². The van der Waals surface area contributed by atoms with E-state index in [0.29, 0.717) is 19.5 Å². The van der Waals surface area contributed by atoms with Crippen LogP contribution in [0.15, 0.2) is 65.6 Å². The molecule has 0 spiro atoms. The fraction of sp³-hybridized carbons (Fsp3) is 0.481. The minimum Gasteiger partial charge on any atom is -0.343 e. The molecule has 2 aromatic rings. The molecule has 3 saturated heterocycles. The first-order valence-corrected chi connectivity index (χ1v) is 14.3. The zero-order valence-electron chi connectivity index (χ0n) is 20.4. The Bertz CT molecular complexity index is 1170. The van der Waals surface area contributed by atoms with E-state index < -0.39 is 16.1 Å². The van der Waals surface area contributed by atoms with Crippen molar-refractivity contribution in [2.45, 2.75) is 55.1 Å². The van der Waals surface area contributed by atoms with E-state index in [1.54, 1.807) is 30.3 Å². The number of amides is 2. The van der Waals surface area contributed by atoms with Gasteiger partial charge in [0.2, 0.25) is 21.8 Å². The number of sulfonamides is 1. The van der Waals surface area contributed by atoms with Crippen molar-refractivity contribution in [1.29, 1.82) is 0 Å². The first-order valence-electron chi connectivity index (χ1n) is 12.9. The fourth-order valence-electron chi connectivity index (χ4n) is 5.78. The summed E-state index contributed by atoms with van der Waals surface area (Å²) in [6.45, 7) is 2.12. The lowest BCUT2D eigenvalue weighted by molar-refractivity contribution is -0.138. The molecule has 0 aromatic heterocycles. The Kier molecular flexibility index (Phi) is 7.41. The van der Waals surface area contributed by atoms with Crippen molar-refractivity contribution in [3.63, 3.8) is 0 Å². The van der Waals surface area contributed by atoms with E-state index in [4.69, 9.17) is 0 Å². The van der Waals surface area contributed by atoms with Crippen LogP contribution in [0.2, 0.25) is 0 Å². The smallest absolute Gasteiger partial charge is 0.245 e. The average Bonchev–Trinajstić information content (AvgIpc) is 3.59. The van der Waals surface area contributed by atoms with Crippen molar-refractivity contribution in [3.05, 3.63) is 66.2 Å². The molecule has 3 aliphatic rings. The SMILES string of the molecule is O=C(N[C@@H](Cc1ccccc1)C(=O)N1CCC2CCN(S(=O)(=O)c3ccccc3)CC21)[C@@H]1CCCN1. The number of piperidine rings is 1. The van der Waals surface area contributed by atoms with E-state index in [1.165, 1.54) is 4.31 Å². The second kappa shape index (κ2) is 10.7. The van der Waals surface area contributed by atoms with E-state index >= 15 is 0 Å². The molecule has 2 amide bonds. The average molecular weight is 511 g/mol. The van der Waals surface area contributed by atoms with Crippen LogP contribution >= 0.6 is 0 Å². The second-order valence-electron chi connectivity index (χ2n) is 10.0. The van der Waals surface area contributed by atoms with Crippen molar-refractivity contribution in [2.24, 2.45) is 5.92 Å². The fourth-order valence-corrected chi connectivity index (χ4v) is 7.27. The minimum atomic E-state index is -3.63. The summed E-state index contributed by atoms with van der Waals surface area (Å²) >= 11 is 0. The summed E-state index contributed by atoms with van der Waals surface area (Å²) in [5.41, 5.74) is 0.975. The number of nitrogens with zero attached hydrogens (tertiary/aromatic N) is 2. The summed E-state index contributed by atoms with van der Waals surface area (Å²) in [6.07, 6.45) is 3.68. The van der Waals surface area contributed by atoms with E-state index in [1.807, 2.05) is 35.2 Å². The molecule has 2 unspecified atom stereocenters. The number of benzene rings is 2. The van der Waals surface area contributed by atoms with Crippen molar-refractivity contribution < 1.29 is 18.0 Å². The van der Waals surface area contributed by atoms with Gasteiger partial charge in [-0.2, -0.15) is 4.31 Å². The predicted octanol–water partition coefficient (Wildman–Crippen LogP) is 1.78. The maximum absolute atomic E-state index is 13.9. The quantitative estimate of drug-likeness (QED) is 0.592. The maximum atomic E-state index is 13.9. The van der Waals surface area contributed by atoms with Crippen LogP contribution in [0.3, 0.4) is 0 Å². The first kappa shape index (κ1) is 24.9. The molecule has 3 heterocycles. The van der Waals surface area contributed by atoms with Gasteiger partial charge in [0.25, 0.3) is 0 Å². The van der Waals surface area contributed by atoms with Crippen molar-refractivity contribution in [1.82, 2.24) is 19.8 Å². The molecule has 0 aliphatic carbocycles. The molecule has 3 fully saturated rings. The van der Waals surface area contributed by atoms with Gasteiger partial charge < -0.3 is 15.5 Å². The lowest BCUT2D eigenvalue weighted by Gasteiger charge is -2.38. The Labute approximate surface area is 213 Å². The van der Waals surface area contributed by atoms with Crippen LogP contribution in [0.5, 0.6) is 0 Å². The molecular formula is C27H34N4O4S. The topological polar surface area (TPSA) is 98.8 Å². The third kappa shape index (κ3) is 5.19. The van der Waals surface area contributed by atoms with Crippen LogP contribution in [0.4, 0.5) is 0 Å². The van der Waals surface area contributed by atoms with Crippen LogP contribution in [-0.4, -0.2) is 73.7 Å². The zero-order valence-corrected chi connectivity index (χ0v) is 21.2. The number of fused-ring (bicyclic) bond motifs is 1. The Balaban J connectivity index is 1.34. The molecule has 8 nitrogen and oxygen atoms in total. The number of nitrogens with one attached hydrogen (secondary N) is 2. The number of carbonyl (C=O) groups excluding carboxylic acids is 2. The normalized spacial score (nSPS) is 25.3. The molecule has 0 saturated carbocycles. The lowest BCUT2D eigenvalue weighted by atomic mass is 9.93. The Morgan fingerprint density at radius 2 is 1.67 bits per heavy atom. The minimum absolute atomic E-state index is 0.128. The van der Waals surface area contributed by atoms with Crippen LogP contribution in [0.1, 0.15) is 31.2 Å². The highest BCUT2D eigenvalue weighted by atomic mass is 32.2. The summed E-state index contributed by atoms with van der Waals surface area (Å²) in [4.78, 5) is 29.0. The monoisotopic (exact) mass is 510 g/mol. The van der Waals surface area contributed by atoms with Gasteiger partial charge in [-0.15, -0.1) is 0 Å². The summed E-state index contributed by atoms with van der Waals surface area (Å²) in [5, 5.41) is 6.23. The molecule has 3 aliphatic heterocycles. The zero-order chi connectivity index (χ0) is 25.1. The molecule has 36 heavy (non-hydrogen) atoms. The molecule has 2 aromatic carbocycles. The highest BCUT2D eigenvalue weighted by molar-refractivity contribution is 7.89. The second-order valence-corrected chi connectivity index (χ2v) is 12.0. The lowest BCUT2D eigenvalue weighted by Crippen LogP contribution is -2.57. The van der Waals surface area contributed by atoms with E-state index in [2.05, 4.69) is 10.6 Å². The Hall–Kier alpha value is -2.75. The Morgan fingerprint density at radius 1 is 0.972 bits per heavy atom. The molecule has 192 valence electrons. The molecular weight excluding hydrogens is 476 g/mol. The highest BCUT2D eigenvalue weighted by Gasteiger charge is 2.45. The summed E-state index contributed by atoms with van der Waals surface area (Å²) < 4.78 is 28.1. The molecule has 2 N–H and O–H groups in total. The standard InChI is InChI=1S/C27H34N4O4S/c32-26(23-12-7-15-28-23)29-24(18-20-8-3-1-4-9-20)27(33)31-17-14-21-13-16-30(19-25(21)31)36(34,35)22-10-5-2-6-11-22/h1-6,8-11,21,23-25,28H,7,12-19H2,(H,29,32)/t21?,23-,24-,25?/m0/s1. The van der Waals surface area contributed by atoms with Gasteiger partial charge in [-0.25, -0.2) is 8.42 Å². The number of hydrogen-bond donors (Lipinski definition) is 2. The van der Waals surface area contributed by atoms with Crippen LogP contribution < -0.4 is 10.6 Å². The third-order valence-electron chi connectivity index (χ3n) is 7.76. The number of likely N-dealkylation sites (tertiary alicyclic amines) is 1. The van der Waals surface area contributed by atoms with Crippen molar-refractivity contribution >= 4 is 21.8 Å². The van der Waals surface area contributed by atoms with Gasteiger partial charge in [-0.05, 0) is 55.8 Å². The molecule has 0 radical (unpaired) electrons. The van der Waals surface area contributed by atoms with E-state index in [9.17, 15) is 18.0 Å². The molecule has 9 heteroatoms. The van der Waals surface area contributed by atoms with Crippen molar-refractivity contribution in [3.8, 4) is 0 Å². The van der Waals surface area contributed by atoms with Crippen molar-refractivity contribution in [2.75, 3.05) is 26.2 Å². The summed E-state index contributed by atoms with van der Waals surface area (Å²) in [5.74, 6) is -0.00754. The van der Waals surface area contributed by atoms with Gasteiger partial charge in [0.1, 0.15) is 6.04 Å². The molecule has 0 bridgehead atoms. The summed E-state index contributed by atoms with van der Waals surface area (Å²) in [7, 11) is -3.63. The number of rotatable bonds is 7. The predicted molar refractivity (Wildman–Crippen MR) is 137 cm³/mol. The summed E-state index contributed by atoms with van der Waals surface area (Å²) in [6, 6.07) is 17.0. The first-order chi connectivity index (χ1) is 17.4. The van der Waals surface area contributed by atoms with E-state index in [0.717, 1.165) is 37.8 Å². The van der Waals surface area contributed by atoms with Gasteiger partial charge in [0.15, 0.2) is 0 Å². The van der Waals surface area contributed by atoms with Gasteiger partial charge in [0.05, 0.1) is 10.9 Å². The van der Waals surface area contributed by atoms with Gasteiger partial charge in [-0.3, -0.25) is 9.59 Å². The van der Waals surface area contributed by atoms with Gasteiger partial charge in [-0.1, -0.05) is 48.5 Å². The molecule has 4 atom stereocenters. The van der Waals surface area contributed by atoms with Gasteiger partial charge in [0, 0.05) is 32.1 Å².